The number of benzene rings is 4. The summed E-state index contributed by atoms with van der Waals surface area (Å²) in [6.07, 6.45) is -7.94. The molecule has 7 rings (SSSR count). The highest BCUT2D eigenvalue weighted by molar-refractivity contribution is 5.91. The van der Waals surface area contributed by atoms with E-state index in [1.54, 1.807) is 121 Å². The molecular formula is C40H36O13. The van der Waals surface area contributed by atoms with E-state index in [1.807, 2.05) is 0 Å². The molecule has 0 saturated carbocycles. The van der Waals surface area contributed by atoms with E-state index in [4.69, 9.17) is 42.6 Å². The van der Waals surface area contributed by atoms with Crippen LogP contribution in [0.15, 0.2) is 121 Å². The first-order chi connectivity index (χ1) is 25.9. The smallest absolute Gasteiger partial charge is 0.338 e. The van der Waals surface area contributed by atoms with E-state index in [9.17, 15) is 19.2 Å². The summed E-state index contributed by atoms with van der Waals surface area (Å²) in [5.74, 6) is -2.72. The summed E-state index contributed by atoms with van der Waals surface area (Å²) in [6.45, 7) is -0.687. The number of fused-ring (bicyclic) bond motifs is 1. The van der Waals surface area contributed by atoms with Crippen molar-refractivity contribution in [1.29, 1.82) is 0 Å². The number of hydrogen-bond acceptors (Lipinski definition) is 13. The van der Waals surface area contributed by atoms with E-state index >= 15 is 0 Å². The summed E-state index contributed by atoms with van der Waals surface area (Å²) in [5, 5.41) is 0. The minimum atomic E-state index is -1.42. The first kappa shape index (κ1) is 35.9. The van der Waals surface area contributed by atoms with Gasteiger partial charge < -0.3 is 42.6 Å². The van der Waals surface area contributed by atoms with Crippen molar-refractivity contribution in [2.75, 3.05) is 26.9 Å². The van der Waals surface area contributed by atoms with Gasteiger partial charge in [0.1, 0.15) is 31.5 Å². The van der Waals surface area contributed by atoms with Crippen LogP contribution in [0.4, 0.5) is 0 Å². The standard InChI is InChI=1S/C40H36O13/c1-45-39-33-40(24-48-33,30(50-39)23-47-35(42)26-16-8-3-9-17-26)53-38-32(52-37(44)28-20-12-5-13-21-28)31(51-36(43)27-18-10-4-11-19-27)29(49-38)22-46-34(41)25-14-6-2-7-15-25/h2-21,29-33,38-39H,22-24H2,1H3/t29-,30-,31-,32+,33-,38-,39+,40+/m1/s1. The van der Waals surface area contributed by atoms with Crippen molar-refractivity contribution in [2.24, 2.45) is 0 Å². The van der Waals surface area contributed by atoms with Crippen molar-refractivity contribution in [1.82, 2.24) is 0 Å². The fraction of sp³-hybridized carbons (Fsp3) is 0.300. The molecule has 3 aliphatic heterocycles. The predicted octanol–water partition coefficient (Wildman–Crippen LogP) is 4.40. The average molecular weight is 725 g/mol. The summed E-state index contributed by atoms with van der Waals surface area (Å²) in [5.41, 5.74) is -0.256. The predicted molar refractivity (Wildman–Crippen MR) is 183 cm³/mol. The fourth-order valence-electron chi connectivity index (χ4n) is 6.37. The van der Waals surface area contributed by atoms with Crippen molar-refractivity contribution < 1.29 is 61.8 Å². The maximum atomic E-state index is 13.6. The SMILES string of the molecule is CO[C@H]1O[C@H](COC(=O)c2ccccc2)[C@@]2(O[C@H]3O[C@H](COC(=O)c4ccccc4)[C@@H](OC(=O)c4ccccc4)[C@@H]3OC(=O)c3ccccc3)CO[C@H]12. The van der Waals surface area contributed by atoms with Gasteiger partial charge in [0, 0.05) is 7.11 Å². The Morgan fingerprint density at radius 1 is 0.585 bits per heavy atom. The molecule has 4 aromatic carbocycles. The van der Waals surface area contributed by atoms with Gasteiger partial charge >= 0.3 is 23.9 Å². The zero-order valence-corrected chi connectivity index (χ0v) is 28.5. The Morgan fingerprint density at radius 2 is 1.04 bits per heavy atom. The first-order valence-electron chi connectivity index (χ1n) is 17.0. The molecule has 0 amide bonds. The van der Waals surface area contributed by atoms with Crippen LogP contribution in [0.2, 0.25) is 0 Å². The molecule has 53 heavy (non-hydrogen) atoms. The third kappa shape index (κ3) is 7.70. The van der Waals surface area contributed by atoms with E-state index in [2.05, 4.69) is 0 Å². The Balaban J connectivity index is 1.19. The van der Waals surface area contributed by atoms with Crippen LogP contribution >= 0.6 is 0 Å². The lowest BCUT2D eigenvalue weighted by Crippen LogP contribution is -2.67. The number of rotatable bonds is 13. The fourth-order valence-corrected chi connectivity index (χ4v) is 6.37. The van der Waals surface area contributed by atoms with Gasteiger partial charge in [-0.1, -0.05) is 72.8 Å². The van der Waals surface area contributed by atoms with Gasteiger partial charge in [0.15, 0.2) is 30.4 Å². The third-order valence-corrected chi connectivity index (χ3v) is 9.16. The highest BCUT2D eigenvalue weighted by Crippen LogP contribution is 2.47. The lowest BCUT2D eigenvalue weighted by Gasteiger charge is -2.47. The zero-order valence-electron chi connectivity index (χ0n) is 28.5. The van der Waals surface area contributed by atoms with E-state index in [-0.39, 0.29) is 29.9 Å². The molecule has 4 aromatic rings. The molecule has 13 nitrogen and oxygen atoms in total. The Morgan fingerprint density at radius 3 is 1.49 bits per heavy atom. The summed E-state index contributed by atoms with van der Waals surface area (Å²) in [6, 6.07) is 33.2. The summed E-state index contributed by atoms with van der Waals surface area (Å²) >= 11 is 0. The second-order valence-electron chi connectivity index (χ2n) is 12.5. The highest BCUT2D eigenvalue weighted by atomic mass is 16.8. The van der Waals surface area contributed by atoms with Crippen molar-refractivity contribution in [3.63, 3.8) is 0 Å². The molecule has 0 N–H and O–H groups in total. The minimum Gasteiger partial charge on any atom is -0.459 e. The Labute approximate surface area is 304 Å². The van der Waals surface area contributed by atoms with Gasteiger partial charge in [0.2, 0.25) is 0 Å². The van der Waals surface area contributed by atoms with Crippen molar-refractivity contribution in [2.45, 2.75) is 48.7 Å². The molecule has 3 fully saturated rings. The van der Waals surface area contributed by atoms with Crippen molar-refractivity contribution >= 4 is 23.9 Å². The first-order valence-corrected chi connectivity index (χ1v) is 17.0. The van der Waals surface area contributed by atoms with Crippen molar-refractivity contribution in [3.8, 4) is 0 Å². The lowest BCUT2D eigenvalue weighted by molar-refractivity contribution is -0.328. The molecule has 0 spiro atoms. The molecule has 0 aliphatic carbocycles. The number of carbonyl (C=O) groups excluding carboxylic acids is 4. The molecular weight excluding hydrogens is 688 g/mol. The van der Waals surface area contributed by atoms with Gasteiger partial charge in [0.05, 0.1) is 28.9 Å². The largest absolute Gasteiger partial charge is 0.459 e. The van der Waals surface area contributed by atoms with E-state index in [1.165, 1.54) is 7.11 Å². The van der Waals surface area contributed by atoms with Gasteiger partial charge in [0.25, 0.3) is 0 Å². The number of ether oxygens (including phenoxy) is 9. The van der Waals surface area contributed by atoms with Crippen LogP contribution in [-0.2, 0) is 42.6 Å². The van der Waals surface area contributed by atoms with Crippen LogP contribution in [0, 0.1) is 0 Å². The van der Waals surface area contributed by atoms with Crippen LogP contribution < -0.4 is 0 Å². The minimum absolute atomic E-state index is 0.0353. The van der Waals surface area contributed by atoms with Crippen LogP contribution in [0.3, 0.4) is 0 Å². The molecule has 13 heteroatoms. The molecule has 3 aliphatic rings. The summed E-state index contributed by atoms with van der Waals surface area (Å²) < 4.78 is 53.8. The normalized spacial score (nSPS) is 27.2. The van der Waals surface area contributed by atoms with Crippen LogP contribution in [0.5, 0.6) is 0 Å². The van der Waals surface area contributed by atoms with Gasteiger partial charge in [-0.25, -0.2) is 19.2 Å². The third-order valence-electron chi connectivity index (χ3n) is 9.16. The van der Waals surface area contributed by atoms with Crippen molar-refractivity contribution in [3.05, 3.63) is 144 Å². The number of hydrogen-bond donors (Lipinski definition) is 0. The maximum absolute atomic E-state index is 13.6. The number of carbonyl (C=O) groups is 4. The number of methoxy groups -OCH3 is 1. The van der Waals surface area contributed by atoms with E-state index in [0.29, 0.717) is 5.56 Å². The summed E-state index contributed by atoms with van der Waals surface area (Å²) in [7, 11) is 1.43. The second-order valence-corrected chi connectivity index (χ2v) is 12.5. The average Bonchev–Trinajstić information content (AvgIpc) is 3.62. The quantitative estimate of drug-likeness (QED) is 0.142. The van der Waals surface area contributed by atoms with Crippen LogP contribution in [0.1, 0.15) is 41.4 Å². The molecule has 3 heterocycles. The monoisotopic (exact) mass is 724 g/mol. The topological polar surface area (TPSA) is 151 Å². The molecule has 0 unspecified atom stereocenters. The van der Waals surface area contributed by atoms with E-state index < -0.39 is 79.2 Å². The van der Waals surface area contributed by atoms with Gasteiger partial charge in [-0.3, -0.25) is 0 Å². The molecule has 274 valence electrons. The van der Waals surface area contributed by atoms with Gasteiger partial charge in [-0.15, -0.1) is 0 Å². The van der Waals surface area contributed by atoms with Gasteiger partial charge in [-0.05, 0) is 48.5 Å². The van der Waals surface area contributed by atoms with Crippen LogP contribution in [-0.4, -0.2) is 99.5 Å². The molecule has 0 bridgehead atoms. The zero-order chi connectivity index (χ0) is 36.8. The molecule has 3 saturated heterocycles. The second kappa shape index (κ2) is 16.1. The van der Waals surface area contributed by atoms with Gasteiger partial charge in [-0.2, -0.15) is 0 Å². The molecule has 8 atom stereocenters. The van der Waals surface area contributed by atoms with Crippen LogP contribution in [0.25, 0.3) is 0 Å². The summed E-state index contributed by atoms with van der Waals surface area (Å²) in [4.78, 5) is 53.0. The Hall–Kier alpha value is -5.44. The Bertz CT molecular complexity index is 1870. The molecule has 0 aromatic heterocycles. The maximum Gasteiger partial charge on any atom is 0.338 e. The number of esters is 4. The van der Waals surface area contributed by atoms with E-state index in [0.717, 1.165) is 0 Å². The molecule has 0 radical (unpaired) electrons. The highest BCUT2D eigenvalue weighted by Gasteiger charge is 2.68. The Kier molecular flexibility index (Phi) is 10.9. The lowest BCUT2D eigenvalue weighted by atomic mass is 9.88.